The monoisotopic (exact) mass is 406 g/mol. The van der Waals surface area contributed by atoms with Gasteiger partial charge >= 0.3 is 11.8 Å². The number of amides is 2. The maximum absolute atomic E-state index is 12.6. The predicted molar refractivity (Wildman–Crippen MR) is 117 cm³/mol. The van der Waals surface area contributed by atoms with Gasteiger partial charge in [0.2, 0.25) is 0 Å². The van der Waals surface area contributed by atoms with E-state index in [4.69, 9.17) is 0 Å². The Morgan fingerprint density at radius 1 is 0.500 bits per heavy atom. The average molecular weight is 407 g/mol. The molecular formula is C24H30N4O2. The molecule has 5 rings (SSSR count). The maximum Gasteiger partial charge on any atom is 0.312 e. The minimum absolute atomic E-state index is 0.351. The molecular weight excluding hydrogens is 376 g/mol. The second-order valence-electron chi connectivity index (χ2n) is 8.11. The van der Waals surface area contributed by atoms with Crippen molar-refractivity contribution < 1.29 is 9.59 Å². The van der Waals surface area contributed by atoms with Crippen LogP contribution in [0.25, 0.3) is 0 Å². The zero-order chi connectivity index (χ0) is 20.8. The highest BCUT2D eigenvalue weighted by Crippen LogP contribution is 2.12. The van der Waals surface area contributed by atoms with E-state index in [1.54, 1.807) is 9.80 Å². The van der Waals surface area contributed by atoms with Gasteiger partial charge in [0.05, 0.1) is 0 Å². The molecule has 0 N–H and O–H groups in total. The number of carbonyl (C=O) groups excluding carboxylic acids is 2. The molecule has 3 fully saturated rings. The van der Waals surface area contributed by atoms with Crippen molar-refractivity contribution in [3.8, 4) is 0 Å². The van der Waals surface area contributed by atoms with Crippen LogP contribution in [0.3, 0.4) is 0 Å². The third-order valence-corrected chi connectivity index (χ3v) is 6.00. The molecule has 30 heavy (non-hydrogen) atoms. The third-order valence-electron chi connectivity index (χ3n) is 6.00. The van der Waals surface area contributed by atoms with Gasteiger partial charge in [-0.25, -0.2) is 0 Å². The van der Waals surface area contributed by atoms with Crippen LogP contribution in [-0.4, -0.2) is 83.8 Å². The predicted octanol–water partition coefficient (Wildman–Crippen LogP) is 1.68. The molecule has 6 nitrogen and oxygen atoms in total. The molecule has 3 heterocycles. The molecule has 2 bridgehead atoms. The van der Waals surface area contributed by atoms with Crippen molar-refractivity contribution in [2.24, 2.45) is 0 Å². The Morgan fingerprint density at radius 3 is 1.23 bits per heavy atom. The first-order chi connectivity index (χ1) is 14.7. The van der Waals surface area contributed by atoms with E-state index in [0.717, 1.165) is 39.3 Å². The molecule has 3 aliphatic rings. The minimum Gasteiger partial charge on any atom is -0.331 e. The van der Waals surface area contributed by atoms with Crippen molar-refractivity contribution in [1.29, 1.82) is 0 Å². The fraction of sp³-hybridized carbons (Fsp3) is 0.417. The number of hydrogen-bond donors (Lipinski definition) is 0. The summed E-state index contributed by atoms with van der Waals surface area (Å²) in [7, 11) is 0. The standard InChI is InChI=1S/C24H30N4O2/c29-23-24(30)28-16-14-26(20-22-9-5-2-6-10-22)12-11-25(13-15-27(23)17-18-28)19-21-7-3-1-4-8-21/h1-10H,11-20H2. The van der Waals surface area contributed by atoms with Gasteiger partial charge in [-0.2, -0.15) is 0 Å². The molecule has 2 aromatic carbocycles. The van der Waals surface area contributed by atoms with Crippen LogP contribution in [0.5, 0.6) is 0 Å². The molecule has 0 aromatic heterocycles. The van der Waals surface area contributed by atoms with Crippen molar-refractivity contribution in [2.45, 2.75) is 13.1 Å². The largest absolute Gasteiger partial charge is 0.331 e. The van der Waals surface area contributed by atoms with Gasteiger partial charge in [-0.3, -0.25) is 19.4 Å². The molecule has 2 aromatic rings. The fourth-order valence-electron chi connectivity index (χ4n) is 4.17. The summed E-state index contributed by atoms with van der Waals surface area (Å²) in [5.74, 6) is -0.702. The summed E-state index contributed by atoms with van der Waals surface area (Å²) in [6.07, 6.45) is 0. The Kier molecular flexibility index (Phi) is 6.77. The summed E-state index contributed by atoms with van der Waals surface area (Å²) in [6.45, 7) is 7.55. The van der Waals surface area contributed by atoms with Gasteiger partial charge in [-0.05, 0) is 11.1 Å². The Labute approximate surface area is 178 Å². The lowest BCUT2D eigenvalue weighted by Crippen LogP contribution is -2.57. The number of hydrogen-bond acceptors (Lipinski definition) is 4. The highest BCUT2D eigenvalue weighted by molar-refractivity contribution is 6.35. The molecule has 0 atom stereocenters. The van der Waals surface area contributed by atoms with Crippen molar-refractivity contribution in [3.05, 3.63) is 71.8 Å². The zero-order valence-electron chi connectivity index (χ0n) is 17.4. The van der Waals surface area contributed by atoms with Crippen molar-refractivity contribution in [3.63, 3.8) is 0 Å². The van der Waals surface area contributed by atoms with Gasteiger partial charge in [-0.15, -0.1) is 0 Å². The summed E-state index contributed by atoms with van der Waals surface area (Å²) < 4.78 is 0. The molecule has 158 valence electrons. The van der Waals surface area contributed by atoms with Crippen molar-refractivity contribution in [2.75, 3.05) is 52.4 Å². The summed E-state index contributed by atoms with van der Waals surface area (Å²) >= 11 is 0. The number of benzene rings is 2. The fourth-order valence-corrected chi connectivity index (χ4v) is 4.17. The Balaban J connectivity index is 1.51. The quantitative estimate of drug-likeness (QED) is 0.725. The van der Waals surface area contributed by atoms with E-state index in [-0.39, 0.29) is 11.8 Å². The highest BCUT2D eigenvalue weighted by Gasteiger charge is 2.32. The molecule has 0 aliphatic carbocycles. The van der Waals surface area contributed by atoms with Crippen molar-refractivity contribution >= 4 is 11.8 Å². The Morgan fingerprint density at radius 2 is 0.833 bits per heavy atom. The second-order valence-corrected chi connectivity index (χ2v) is 8.11. The van der Waals surface area contributed by atoms with Crippen LogP contribution in [0.15, 0.2) is 60.7 Å². The number of carbonyl (C=O) groups is 2. The van der Waals surface area contributed by atoms with E-state index in [2.05, 4.69) is 58.3 Å². The first kappa shape index (κ1) is 20.6. The van der Waals surface area contributed by atoms with Crippen LogP contribution in [-0.2, 0) is 22.7 Å². The zero-order valence-corrected chi connectivity index (χ0v) is 17.4. The van der Waals surface area contributed by atoms with Crippen LogP contribution in [0, 0.1) is 0 Å². The normalized spacial score (nSPS) is 19.6. The number of piperazine rings is 1. The molecule has 3 aliphatic heterocycles. The minimum atomic E-state index is -0.351. The van der Waals surface area contributed by atoms with Crippen LogP contribution >= 0.6 is 0 Å². The highest BCUT2D eigenvalue weighted by atomic mass is 16.2. The van der Waals surface area contributed by atoms with E-state index in [0.29, 0.717) is 26.2 Å². The summed E-state index contributed by atoms with van der Waals surface area (Å²) in [4.78, 5) is 33.4. The smallest absolute Gasteiger partial charge is 0.312 e. The molecule has 0 spiro atoms. The maximum atomic E-state index is 12.6. The van der Waals surface area contributed by atoms with E-state index in [9.17, 15) is 9.59 Å². The number of fused-ring (bicyclic) bond motifs is 9. The van der Waals surface area contributed by atoms with Crippen LogP contribution in [0.2, 0.25) is 0 Å². The number of nitrogens with zero attached hydrogens (tertiary/aromatic N) is 4. The van der Waals surface area contributed by atoms with Gasteiger partial charge < -0.3 is 9.80 Å². The summed E-state index contributed by atoms with van der Waals surface area (Å²) in [6, 6.07) is 20.9. The Hall–Kier alpha value is -2.70. The molecule has 6 heteroatoms. The van der Waals surface area contributed by atoms with Crippen molar-refractivity contribution in [1.82, 2.24) is 19.6 Å². The second kappa shape index (κ2) is 9.87. The van der Waals surface area contributed by atoms with E-state index < -0.39 is 0 Å². The van der Waals surface area contributed by atoms with Crippen LogP contribution in [0.1, 0.15) is 11.1 Å². The van der Waals surface area contributed by atoms with E-state index in [1.165, 1.54) is 11.1 Å². The first-order valence-corrected chi connectivity index (χ1v) is 10.8. The molecule has 3 saturated heterocycles. The van der Waals surface area contributed by atoms with Crippen LogP contribution in [0.4, 0.5) is 0 Å². The third kappa shape index (κ3) is 5.26. The Bertz CT molecular complexity index is 771. The topological polar surface area (TPSA) is 47.1 Å². The molecule has 2 amide bonds. The molecule has 0 radical (unpaired) electrons. The average Bonchev–Trinajstić information content (AvgIpc) is 2.77. The molecule has 0 unspecified atom stereocenters. The van der Waals surface area contributed by atoms with Gasteiger partial charge in [-0.1, -0.05) is 60.7 Å². The summed E-state index contributed by atoms with van der Waals surface area (Å²) in [5, 5.41) is 0. The first-order valence-electron chi connectivity index (χ1n) is 10.8. The lowest BCUT2D eigenvalue weighted by molar-refractivity contribution is -0.156. The SMILES string of the molecule is O=C1C(=O)N2CCN(Cc3ccccc3)CCN(Cc3ccccc3)CCN1CC2. The van der Waals surface area contributed by atoms with E-state index >= 15 is 0 Å². The lowest BCUT2D eigenvalue weighted by Gasteiger charge is -2.38. The van der Waals surface area contributed by atoms with Gasteiger partial charge in [0.15, 0.2) is 0 Å². The van der Waals surface area contributed by atoms with Gasteiger partial charge in [0.25, 0.3) is 0 Å². The number of rotatable bonds is 4. The van der Waals surface area contributed by atoms with Crippen LogP contribution < -0.4 is 0 Å². The van der Waals surface area contributed by atoms with Gasteiger partial charge in [0.1, 0.15) is 0 Å². The van der Waals surface area contributed by atoms with E-state index in [1.807, 2.05) is 12.1 Å². The lowest BCUT2D eigenvalue weighted by atomic mass is 10.2. The molecule has 0 saturated carbocycles. The van der Waals surface area contributed by atoms with Gasteiger partial charge in [0, 0.05) is 65.4 Å². The summed E-state index contributed by atoms with van der Waals surface area (Å²) in [5.41, 5.74) is 2.54.